The van der Waals surface area contributed by atoms with Crippen LogP contribution in [0.3, 0.4) is 0 Å². The highest BCUT2D eigenvalue weighted by molar-refractivity contribution is 6.43. The Kier molecular flexibility index (Phi) is 4.44. The van der Waals surface area contributed by atoms with E-state index in [9.17, 15) is 9.59 Å². The number of benzene rings is 1. The molecular formula is C16H18Cl2N4O2. The first kappa shape index (κ1) is 17.0. The van der Waals surface area contributed by atoms with Gasteiger partial charge in [-0.25, -0.2) is 9.79 Å². The smallest absolute Gasteiger partial charge is 0.331 e. The Hall–Kier alpha value is -1.79. The summed E-state index contributed by atoms with van der Waals surface area (Å²) in [7, 11) is 0. The SMILES string of the molecule is CCC1(CC)C(=O)NC(=O)N2CN(c3cccc(Cl)c3Cl)CN=C21. The van der Waals surface area contributed by atoms with Crippen LogP contribution in [0.2, 0.25) is 10.0 Å². The van der Waals surface area contributed by atoms with Crippen LogP contribution >= 0.6 is 23.2 Å². The first-order valence-electron chi connectivity index (χ1n) is 7.81. The fourth-order valence-corrected chi connectivity index (χ4v) is 3.67. The maximum Gasteiger partial charge on any atom is 0.331 e. The van der Waals surface area contributed by atoms with E-state index < -0.39 is 11.4 Å². The van der Waals surface area contributed by atoms with Crippen LogP contribution < -0.4 is 10.2 Å². The fourth-order valence-electron chi connectivity index (χ4n) is 3.25. The molecule has 1 fully saturated rings. The zero-order valence-corrected chi connectivity index (χ0v) is 15.0. The van der Waals surface area contributed by atoms with Crippen molar-refractivity contribution in [2.75, 3.05) is 18.2 Å². The molecule has 0 unspecified atom stereocenters. The van der Waals surface area contributed by atoms with Gasteiger partial charge < -0.3 is 4.90 Å². The van der Waals surface area contributed by atoms with Gasteiger partial charge in [-0.05, 0) is 25.0 Å². The van der Waals surface area contributed by atoms with Gasteiger partial charge in [0.15, 0.2) is 0 Å². The molecule has 2 heterocycles. The van der Waals surface area contributed by atoms with E-state index in [1.54, 1.807) is 12.1 Å². The number of amidine groups is 1. The zero-order chi connectivity index (χ0) is 17.5. The molecule has 3 amide bonds. The summed E-state index contributed by atoms with van der Waals surface area (Å²) in [6, 6.07) is 4.87. The van der Waals surface area contributed by atoms with Crippen molar-refractivity contribution < 1.29 is 9.59 Å². The molecule has 0 spiro atoms. The lowest BCUT2D eigenvalue weighted by Gasteiger charge is -2.46. The maximum atomic E-state index is 12.4. The summed E-state index contributed by atoms with van der Waals surface area (Å²) in [5.74, 6) is 0.261. The van der Waals surface area contributed by atoms with E-state index in [0.29, 0.717) is 41.1 Å². The molecule has 1 aromatic rings. The van der Waals surface area contributed by atoms with Crippen molar-refractivity contribution in [1.82, 2.24) is 10.2 Å². The second kappa shape index (κ2) is 6.26. The average molecular weight is 369 g/mol. The number of hydrogen-bond acceptors (Lipinski definition) is 4. The molecule has 1 N–H and O–H groups in total. The van der Waals surface area contributed by atoms with Crippen molar-refractivity contribution in [2.45, 2.75) is 26.7 Å². The number of carbonyl (C=O) groups excluding carboxylic acids is 2. The average Bonchev–Trinajstić information content (AvgIpc) is 2.58. The number of nitrogens with one attached hydrogen (secondary N) is 1. The Morgan fingerprint density at radius 2 is 1.96 bits per heavy atom. The molecular weight excluding hydrogens is 351 g/mol. The number of fused-ring (bicyclic) bond motifs is 1. The van der Waals surface area contributed by atoms with Gasteiger partial charge >= 0.3 is 6.03 Å². The van der Waals surface area contributed by atoms with Crippen molar-refractivity contribution in [3.63, 3.8) is 0 Å². The number of anilines is 1. The van der Waals surface area contributed by atoms with Crippen molar-refractivity contribution in [2.24, 2.45) is 10.4 Å². The van der Waals surface area contributed by atoms with E-state index in [1.807, 2.05) is 24.8 Å². The minimum absolute atomic E-state index is 0.264. The van der Waals surface area contributed by atoms with Crippen LogP contribution in [-0.2, 0) is 4.79 Å². The third-order valence-corrected chi connectivity index (χ3v) is 5.58. The Bertz CT molecular complexity index is 731. The number of urea groups is 1. The number of carbonyl (C=O) groups is 2. The Labute approximate surface area is 150 Å². The summed E-state index contributed by atoms with van der Waals surface area (Å²) in [5, 5.41) is 3.31. The summed E-state index contributed by atoms with van der Waals surface area (Å²) in [6.45, 7) is 4.44. The molecule has 1 aromatic carbocycles. The lowest BCUT2D eigenvalue weighted by molar-refractivity contribution is -0.128. The van der Waals surface area contributed by atoms with Crippen LogP contribution in [0.4, 0.5) is 10.5 Å². The molecule has 6 nitrogen and oxygen atoms in total. The Morgan fingerprint density at radius 3 is 2.62 bits per heavy atom. The quantitative estimate of drug-likeness (QED) is 0.887. The van der Waals surface area contributed by atoms with Gasteiger partial charge in [-0.15, -0.1) is 0 Å². The largest absolute Gasteiger partial charge is 0.332 e. The molecule has 0 atom stereocenters. The molecule has 0 bridgehead atoms. The fraction of sp³-hybridized carbons (Fsp3) is 0.438. The van der Waals surface area contributed by atoms with Crippen molar-refractivity contribution >= 4 is 46.7 Å². The molecule has 0 aromatic heterocycles. The van der Waals surface area contributed by atoms with E-state index in [2.05, 4.69) is 10.3 Å². The van der Waals surface area contributed by atoms with Gasteiger partial charge in [0.25, 0.3) is 0 Å². The second-order valence-corrected chi connectivity index (χ2v) is 6.64. The molecule has 3 rings (SSSR count). The Morgan fingerprint density at radius 1 is 1.25 bits per heavy atom. The van der Waals surface area contributed by atoms with E-state index in [4.69, 9.17) is 23.2 Å². The third-order valence-electron chi connectivity index (χ3n) is 4.77. The molecule has 1 saturated heterocycles. The number of imide groups is 1. The molecule has 2 aliphatic heterocycles. The first-order valence-corrected chi connectivity index (χ1v) is 8.57. The van der Waals surface area contributed by atoms with Gasteiger partial charge in [0.1, 0.15) is 24.6 Å². The van der Waals surface area contributed by atoms with Gasteiger partial charge in [-0.1, -0.05) is 43.1 Å². The van der Waals surface area contributed by atoms with E-state index in [0.717, 1.165) is 0 Å². The van der Waals surface area contributed by atoms with Crippen LogP contribution in [0.15, 0.2) is 23.2 Å². The van der Waals surface area contributed by atoms with Gasteiger partial charge in [-0.3, -0.25) is 15.0 Å². The number of halogens is 2. The van der Waals surface area contributed by atoms with Crippen LogP contribution in [0.1, 0.15) is 26.7 Å². The van der Waals surface area contributed by atoms with E-state index in [-0.39, 0.29) is 12.6 Å². The number of aliphatic imine (C=N–C) groups is 1. The number of hydrogen-bond donors (Lipinski definition) is 1. The van der Waals surface area contributed by atoms with E-state index in [1.165, 1.54) is 4.90 Å². The lowest BCUT2D eigenvalue weighted by Crippen LogP contribution is -2.67. The summed E-state index contributed by atoms with van der Waals surface area (Å²) in [4.78, 5) is 32.6. The molecule has 2 aliphatic rings. The summed E-state index contributed by atoms with van der Waals surface area (Å²) >= 11 is 12.4. The molecule has 0 aliphatic carbocycles. The highest BCUT2D eigenvalue weighted by Crippen LogP contribution is 2.37. The number of amides is 3. The summed E-state index contributed by atoms with van der Waals surface area (Å²) in [5.41, 5.74) is -0.0618. The number of nitrogens with zero attached hydrogens (tertiary/aromatic N) is 3. The van der Waals surface area contributed by atoms with E-state index >= 15 is 0 Å². The standard InChI is InChI=1S/C16H18Cl2N4O2/c1-3-16(4-2)13-19-8-21(9-22(13)15(24)20-14(16)23)11-7-5-6-10(17)12(11)18/h5-7H,3-4,8-9H2,1-2H3,(H,20,23,24). The molecule has 24 heavy (non-hydrogen) atoms. The third kappa shape index (κ3) is 2.45. The van der Waals surface area contributed by atoms with Gasteiger partial charge in [0.05, 0.1) is 15.7 Å². The normalized spacial score (nSPS) is 19.8. The minimum Gasteiger partial charge on any atom is -0.332 e. The van der Waals surface area contributed by atoms with Crippen molar-refractivity contribution in [3.05, 3.63) is 28.2 Å². The second-order valence-electron chi connectivity index (χ2n) is 5.85. The van der Waals surface area contributed by atoms with Crippen LogP contribution in [0.25, 0.3) is 0 Å². The lowest BCUT2D eigenvalue weighted by atomic mass is 9.78. The molecule has 8 heteroatoms. The van der Waals surface area contributed by atoms with Gasteiger partial charge in [-0.2, -0.15) is 0 Å². The molecule has 0 radical (unpaired) electrons. The maximum absolute atomic E-state index is 12.4. The summed E-state index contributed by atoms with van der Waals surface area (Å²) < 4.78 is 0. The minimum atomic E-state index is -0.766. The van der Waals surface area contributed by atoms with Crippen LogP contribution in [0.5, 0.6) is 0 Å². The molecule has 128 valence electrons. The predicted molar refractivity (Wildman–Crippen MR) is 94.5 cm³/mol. The first-order chi connectivity index (χ1) is 11.4. The van der Waals surface area contributed by atoms with Gasteiger partial charge in [0, 0.05) is 0 Å². The number of rotatable bonds is 3. The summed E-state index contributed by atoms with van der Waals surface area (Å²) in [6.07, 6.45) is 1.16. The Balaban J connectivity index is 2.00. The van der Waals surface area contributed by atoms with Gasteiger partial charge in [0.2, 0.25) is 5.91 Å². The van der Waals surface area contributed by atoms with Crippen molar-refractivity contribution in [3.8, 4) is 0 Å². The van der Waals surface area contributed by atoms with Crippen molar-refractivity contribution in [1.29, 1.82) is 0 Å². The van der Waals surface area contributed by atoms with Crippen LogP contribution in [-0.4, -0.2) is 36.0 Å². The highest BCUT2D eigenvalue weighted by Gasteiger charge is 2.50. The van der Waals surface area contributed by atoms with Crippen LogP contribution in [0, 0.1) is 5.41 Å². The molecule has 0 saturated carbocycles. The zero-order valence-electron chi connectivity index (χ0n) is 13.5. The highest BCUT2D eigenvalue weighted by atomic mass is 35.5. The predicted octanol–water partition coefficient (Wildman–Crippen LogP) is 3.49. The topological polar surface area (TPSA) is 65.0 Å². The monoisotopic (exact) mass is 368 g/mol.